The lowest BCUT2D eigenvalue weighted by Gasteiger charge is -2.20. The number of para-hydroxylation sites is 1. The average molecular weight is 333 g/mol. The third kappa shape index (κ3) is 3.07. The Bertz CT molecular complexity index is 792. The minimum Gasteiger partial charge on any atom is -0.495 e. The lowest BCUT2D eigenvalue weighted by Crippen LogP contribution is -2.27. The second kappa shape index (κ2) is 6.18. The monoisotopic (exact) mass is 332 g/mol. The van der Waals surface area contributed by atoms with E-state index in [2.05, 4.69) is 10.6 Å². The molecule has 0 saturated heterocycles. The van der Waals surface area contributed by atoms with Crippen LogP contribution in [0.15, 0.2) is 36.4 Å². The molecule has 23 heavy (non-hydrogen) atoms. The van der Waals surface area contributed by atoms with Crippen LogP contribution in [0.25, 0.3) is 0 Å². The fraction of sp³-hybridized carbons (Fsp3) is 0.125. The van der Waals surface area contributed by atoms with Gasteiger partial charge < -0.3 is 20.1 Å². The van der Waals surface area contributed by atoms with Gasteiger partial charge in [0.15, 0.2) is 6.61 Å². The van der Waals surface area contributed by atoms with Crippen LogP contribution in [0.1, 0.15) is 10.4 Å². The zero-order valence-corrected chi connectivity index (χ0v) is 12.9. The summed E-state index contributed by atoms with van der Waals surface area (Å²) in [6.45, 7) is -0.0633. The van der Waals surface area contributed by atoms with Gasteiger partial charge in [0.25, 0.3) is 11.8 Å². The van der Waals surface area contributed by atoms with E-state index in [9.17, 15) is 9.59 Å². The molecule has 2 aromatic rings. The molecule has 0 bridgehead atoms. The third-order valence-corrected chi connectivity index (χ3v) is 3.60. The van der Waals surface area contributed by atoms with Crippen LogP contribution in [0, 0.1) is 0 Å². The molecule has 0 aromatic heterocycles. The number of carbonyl (C=O) groups is 2. The van der Waals surface area contributed by atoms with E-state index in [0.717, 1.165) is 0 Å². The Hall–Kier alpha value is -2.73. The van der Waals surface area contributed by atoms with Gasteiger partial charge in [0.2, 0.25) is 0 Å². The lowest BCUT2D eigenvalue weighted by molar-refractivity contribution is -0.118. The van der Waals surface area contributed by atoms with Gasteiger partial charge in [-0.15, -0.1) is 0 Å². The number of amides is 2. The van der Waals surface area contributed by atoms with Crippen molar-refractivity contribution in [1.82, 2.24) is 0 Å². The fourth-order valence-electron chi connectivity index (χ4n) is 2.23. The van der Waals surface area contributed by atoms with E-state index in [4.69, 9.17) is 21.1 Å². The van der Waals surface area contributed by atoms with Crippen LogP contribution in [-0.4, -0.2) is 25.5 Å². The molecule has 7 heteroatoms. The maximum absolute atomic E-state index is 12.5. The van der Waals surface area contributed by atoms with Gasteiger partial charge in [-0.3, -0.25) is 9.59 Å². The summed E-state index contributed by atoms with van der Waals surface area (Å²) >= 11 is 6.04. The lowest BCUT2D eigenvalue weighted by atomic mass is 10.1. The Kier molecular flexibility index (Phi) is 4.08. The summed E-state index contributed by atoms with van der Waals surface area (Å²) in [5.41, 5.74) is 1.19. The van der Waals surface area contributed by atoms with Gasteiger partial charge in [0, 0.05) is 5.69 Å². The van der Waals surface area contributed by atoms with Crippen molar-refractivity contribution in [1.29, 1.82) is 0 Å². The summed E-state index contributed by atoms with van der Waals surface area (Å²) in [5.74, 6) is 0.298. The zero-order valence-electron chi connectivity index (χ0n) is 12.2. The minimum absolute atomic E-state index is 0.0633. The van der Waals surface area contributed by atoms with Crippen molar-refractivity contribution in [2.45, 2.75) is 0 Å². The first-order valence-electron chi connectivity index (χ1n) is 6.79. The predicted molar refractivity (Wildman–Crippen MR) is 86.5 cm³/mol. The Balaban J connectivity index is 1.87. The van der Waals surface area contributed by atoms with E-state index in [1.54, 1.807) is 36.4 Å². The molecule has 1 aliphatic rings. The predicted octanol–water partition coefficient (Wildman–Crippen LogP) is 2.93. The molecule has 1 aliphatic heterocycles. The second-order valence-corrected chi connectivity index (χ2v) is 5.23. The van der Waals surface area contributed by atoms with E-state index in [0.29, 0.717) is 33.5 Å². The van der Waals surface area contributed by atoms with Crippen LogP contribution in [0.2, 0.25) is 5.02 Å². The summed E-state index contributed by atoms with van der Waals surface area (Å²) < 4.78 is 10.4. The maximum atomic E-state index is 12.5. The molecule has 0 saturated carbocycles. The number of hydrogen-bond acceptors (Lipinski definition) is 4. The quantitative estimate of drug-likeness (QED) is 0.906. The molecule has 0 unspecified atom stereocenters. The standard InChI is InChI=1S/C16H13ClN2O4/c1-22-12-6-5-9(7-11(12)17)18-16(21)10-3-2-4-13-15(10)19-14(20)8-23-13/h2-7H,8H2,1H3,(H,18,21)(H,19,20). The van der Waals surface area contributed by atoms with Gasteiger partial charge in [-0.1, -0.05) is 17.7 Å². The Morgan fingerprint density at radius 2 is 2.17 bits per heavy atom. The highest BCUT2D eigenvalue weighted by Crippen LogP contribution is 2.32. The second-order valence-electron chi connectivity index (χ2n) is 4.82. The van der Waals surface area contributed by atoms with Crippen LogP contribution in [-0.2, 0) is 4.79 Å². The maximum Gasteiger partial charge on any atom is 0.262 e. The highest BCUT2D eigenvalue weighted by Gasteiger charge is 2.22. The van der Waals surface area contributed by atoms with Crippen molar-refractivity contribution in [3.63, 3.8) is 0 Å². The van der Waals surface area contributed by atoms with Gasteiger partial charge in [0.1, 0.15) is 11.5 Å². The Morgan fingerprint density at radius 1 is 1.35 bits per heavy atom. The molecule has 2 N–H and O–H groups in total. The molecule has 3 rings (SSSR count). The number of ether oxygens (including phenoxy) is 2. The minimum atomic E-state index is -0.381. The number of nitrogens with one attached hydrogen (secondary N) is 2. The van der Waals surface area contributed by atoms with E-state index in [-0.39, 0.29) is 18.4 Å². The molecule has 0 aliphatic carbocycles. The van der Waals surface area contributed by atoms with Crippen LogP contribution >= 0.6 is 11.6 Å². The first-order valence-corrected chi connectivity index (χ1v) is 7.17. The zero-order chi connectivity index (χ0) is 16.4. The number of anilines is 2. The summed E-state index contributed by atoms with van der Waals surface area (Å²) in [6, 6.07) is 9.90. The van der Waals surface area contributed by atoms with Crippen LogP contribution in [0.5, 0.6) is 11.5 Å². The van der Waals surface area contributed by atoms with E-state index in [1.165, 1.54) is 7.11 Å². The molecule has 0 radical (unpaired) electrons. The molecular formula is C16H13ClN2O4. The van der Waals surface area contributed by atoms with Crippen molar-refractivity contribution in [2.75, 3.05) is 24.4 Å². The number of benzene rings is 2. The summed E-state index contributed by atoms with van der Waals surface area (Å²) in [5, 5.41) is 5.77. The molecule has 0 atom stereocenters. The number of rotatable bonds is 3. The van der Waals surface area contributed by atoms with Crippen LogP contribution in [0.4, 0.5) is 11.4 Å². The summed E-state index contributed by atoms with van der Waals surface area (Å²) in [7, 11) is 1.51. The fourth-order valence-corrected chi connectivity index (χ4v) is 2.49. The number of fused-ring (bicyclic) bond motifs is 1. The number of hydrogen-bond donors (Lipinski definition) is 2. The number of halogens is 1. The molecular weight excluding hydrogens is 320 g/mol. The molecule has 2 amide bonds. The summed E-state index contributed by atoms with van der Waals surface area (Å²) in [4.78, 5) is 23.9. The van der Waals surface area contributed by atoms with Crippen molar-refractivity contribution >= 4 is 34.8 Å². The van der Waals surface area contributed by atoms with Crippen molar-refractivity contribution in [3.8, 4) is 11.5 Å². The third-order valence-electron chi connectivity index (χ3n) is 3.30. The molecule has 118 valence electrons. The SMILES string of the molecule is COc1ccc(NC(=O)c2cccc3c2NC(=O)CO3)cc1Cl. The smallest absolute Gasteiger partial charge is 0.262 e. The normalized spacial score (nSPS) is 12.7. The molecule has 2 aromatic carbocycles. The van der Waals surface area contributed by atoms with E-state index < -0.39 is 0 Å². The van der Waals surface area contributed by atoms with Gasteiger partial charge in [-0.25, -0.2) is 0 Å². The first kappa shape index (κ1) is 15.2. The van der Waals surface area contributed by atoms with E-state index >= 15 is 0 Å². The van der Waals surface area contributed by atoms with Crippen LogP contribution in [0.3, 0.4) is 0 Å². The van der Waals surface area contributed by atoms with Gasteiger partial charge in [0.05, 0.1) is 23.4 Å². The van der Waals surface area contributed by atoms with E-state index in [1.807, 2.05) is 0 Å². The van der Waals surface area contributed by atoms with Crippen molar-refractivity contribution in [2.24, 2.45) is 0 Å². The highest BCUT2D eigenvalue weighted by atomic mass is 35.5. The highest BCUT2D eigenvalue weighted by molar-refractivity contribution is 6.32. The van der Waals surface area contributed by atoms with Crippen molar-refractivity contribution in [3.05, 3.63) is 47.0 Å². The van der Waals surface area contributed by atoms with Crippen LogP contribution < -0.4 is 20.1 Å². The molecule has 0 fully saturated rings. The molecule has 0 spiro atoms. The van der Waals surface area contributed by atoms with Gasteiger partial charge in [-0.05, 0) is 30.3 Å². The van der Waals surface area contributed by atoms with Crippen molar-refractivity contribution < 1.29 is 19.1 Å². The Morgan fingerprint density at radius 3 is 2.91 bits per heavy atom. The molecule has 1 heterocycles. The molecule has 6 nitrogen and oxygen atoms in total. The Labute approximate surface area is 137 Å². The summed E-state index contributed by atoms with van der Waals surface area (Å²) in [6.07, 6.45) is 0. The first-order chi connectivity index (χ1) is 11.1. The van der Waals surface area contributed by atoms with Gasteiger partial charge in [-0.2, -0.15) is 0 Å². The van der Waals surface area contributed by atoms with Gasteiger partial charge >= 0.3 is 0 Å². The average Bonchev–Trinajstić information content (AvgIpc) is 2.54. The largest absolute Gasteiger partial charge is 0.495 e. The number of methoxy groups -OCH3 is 1. The topological polar surface area (TPSA) is 76.7 Å². The number of carbonyl (C=O) groups excluding carboxylic acids is 2.